The maximum Gasteiger partial charge on any atom is 0.0434 e. The minimum Gasteiger partial charge on any atom is -0.261 e. The second-order valence-electron chi connectivity index (χ2n) is 10.3. The van der Waals surface area contributed by atoms with Crippen molar-refractivity contribution in [1.82, 2.24) is 4.98 Å². The van der Waals surface area contributed by atoms with Gasteiger partial charge in [0, 0.05) is 17.8 Å². The Kier molecular flexibility index (Phi) is 10.0. The van der Waals surface area contributed by atoms with E-state index in [9.17, 15) is 0 Å². The number of aromatic nitrogens is 1. The van der Waals surface area contributed by atoms with Crippen LogP contribution in [0.25, 0.3) is 0 Å². The zero-order valence-electron chi connectivity index (χ0n) is 19.5. The molecule has 0 saturated heterocycles. The van der Waals surface area contributed by atoms with Crippen LogP contribution in [0, 0.1) is 17.8 Å². The highest BCUT2D eigenvalue weighted by molar-refractivity contribution is 5.17. The molecule has 0 radical (unpaired) electrons. The van der Waals surface area contributed by atoms with Crippen molar-refractivity contribution < 1.29 is 0 Å². The van der Waals surface area contributed by atoms with Crippen LogP contribution in [0.3, 0.4) is 0 Å². The van der Waals surface area contributed by atoms with Gasteiger partial charge in [-0.25, -0.2) is 0 Å². The van der Waals surface area contributed by atoms with Gasteiger partial charge in [-0.1, -0.05) is 77.7 Å². The lowest BCUT2D eigenvalue weighted by Crippen LogP contribution is -2.25. The number of nitrogens with zero attached hydrogens (tertiary/aromatic N) is 1. The summed E-state index contributed by atoms with van der Waals surface area (Å²) >= 11 is 0. The monoisotopic (exact) mass is 397 g/mol. The standard InChI is InChI=1S/C28H47N/c1-3-5-7-8-9-11-24-14-21-28(29-22-24)27-19-17-26(18-20-27)25-15-12-23(13-16-25)10-6-4-2/h14,21-23,25-27H,3-13,15-20H2,1-2H3/t23-,25-,26-,27-. The van der Waals surface area contributed by atoms with Gasteiger partial charge in [0.05, 0.1) is 0 Å². The Bertz CT molecular complexity index is 532. The van der Waals surface area contributed by atoms with Crippen LogP contribution in [0.2, 0.25) is 0 Å². The van der Waals surface area contributed by atoms with E-state index in [1.54, 1.807) is 0 Å². The molecule has 1 aromatic heterocycles. The van der Waals surface area contributed by atoms with E-state index in [4.69, 9.17) is 4.98 Å². The van der Waals surface area contributed by atoms with Gasteiger partial charge in [0.1, 0.15) is 0 Å². The Labute approximate surface area is 181 Å². The molecule has 0 N–H and O–H groups in total. The van der Waals surface area contributed by atoms with Gasteiger partial charge in [-0.05, 0) is 80.8 Å². The lowest BCUT2D eigenvalue weighted by atomic mass is 9.68. The fraction of sp³-hybridized carbons (Fsp3) is 0.821. The highest BCUT2D eigenvalue weighted by Crippen LogP contribution is 2.44. The third-order valence-corrected chi connectivity index (χ3v) is 8.13. The van der Waals surface area contributed by atoms with Crippen LogP contribution in [0.1, 0.15) is 134 Å². The Balaban J connectivity index is 1.36. The minimum atomic E-state index is 0.728. The van der Waals surface area contributed by atoms with Crippen molar-refractivity contribution in [3.8, 4) is 0 Å². The summed E-state index contributed by atoms with van der Waals surface area (Å²) in [5, 5.41) is 0. The first-order chi connectivity index (χ1) is 14.3. The smallest absolute Gasteiger partial charge is 0.0434 e. The highest BCUT2D eigenvalue weighted by Gasteiger charge is 2.31. The molecule has 2 aliphatic carbocycles. The van der Waals surface area contributed by atoms with Crippen LogP contribution in [0.15, 0.2) is 18.3 Å². The molecule has 29 heavy (non-hydrogen) atoms. The summed E-state index contributed by atoms with van der Waals surface area (Å²) in [6.45, 7) is 4.62. The van der Waals surface area contributed by atoms with Crippen molar-refractivity contribution in [3.05, 3.63) is 29.6 Å². The fourth-order valence-corrected chi connectivity index (χ4v) is 6.09. The lowest BCUT2D eigenvalue weighted by molar-refractivity contribution is 0.155. The molecule has 2 saturated carbocycles. The van der Waals surface area contributed by atoms with Gasteiger partial charge in [-0.15, -0.1) is 0 Å². The SMILES string of the molecule is CCCCCCCc1ccc([C@H]2CC[C@H]([C@H]3CC[C@H](CCCC)CC3)CC2)nc1. The largest absolute Gasteiger partial charge is 0.261 e. The van der Waals surface area contributed by atoms with E-state index in [1.165, 1.54) is 120 Å². The zero-order chi connectivity index (χ0) is 20.3. The van der Waals surface area contributed by atoms with Crippen molar-refractivity contribution in [1.29, 1.82) is 0 Å². The minimum absolute atomic E-state index is 0.728. The highest BCUT2D eigenvalue weighted by atomic mass is 14.7. The predicted octanol–water partition coefficient (Wildman–Crippen LogP) is 8.86. The molecule has 164 valence electrons. The molecule has 2 fully saturated rings. The van der Waals surface area contributed by atoms with Crippen molar-refractivity contribution in [2.24, 2.45) is 17.8 Å². The van der Waals surface area contributed by atoms with Gasteiger partial charge >= 0.3 is 0 Å². The van der Waals surface area contributed by atoms with E-state index in [2.05, 4.69) is 32.2 Å². The molecule has 1 heterocycles. The van der Waals surface area contributed by atoms with Gasteiger partial charge in [0.15, 0.2) is 0 Å². The number of aryl methyl sites for hydroxylation is 1. The van der Waals surface area contributed by atoms with Gasteiger partial charge in [-0.3, -0.25) is 4.98 Å². The number of pyridine rings is 1. The molecule has 2 aliphatic rings. The van der Waals surface area contributed by atoms with E-state index in [0.29, 0.717) is 0 Å². The number of hydrogen-bond donors (Lipinski definition) is 0. The first-order valence-corrected chi connectivity index (χ1v) is 13.2. The van der Waals surface area contributed by atoms with Crippen molar-refractivity contribution >= 4 is 0 Å². The molecular formula is C28H47N. The van der Waals surface area contributed by atoms with Gasteiger partial charge < -0.3 is 0 Å². The third-order valence-electron chi connectivity index (χ3n) is 8.13. The Morgan fingerprint density at radius 3 is 2.00 bits per heavy atom. The van der Waals surface area contributed by atoms with Crippen LogP contribution in [-0.2, 0) is 6.42 Å². The first-order valence-electron chi connectivity index (χ1n) is 13.2. The Morgan fingerprint density at radius 2 is 1.38 bits per heavy atom. The third kappa shape index (κ3) is 7.41. The first kappa shape index (κ1) is 22.8. The summed E-state index contributed by atoms with van der Waals surface area (Å²) in [5.74, 6) is 3.83. The molecule has 0 aromatic carbocycles. The molecule has 1 heteroatoms. The maximum atomic E-state index is 4.89. The van der Waals surface area contributed by atoms with Crippen LogP contribution < -0.4 is 0 Å². The number of unbranched alkanes of at least 4 members (excludes halogenated alkanes) is 5. The maximum absolute atomic E-state index is 4.89. The van der Waals surface area contributed by atoms with Crippen molar-refractivity contribution in [3.63, 3.8) is 0 Å². The van der Waals surface area contributed by atoms with Gasteiger partial charge in [0.25, 0.3) is 0 Å². The Hall–Kier alpha value is -0.850. The Morgan fingerprint density at radius 1 is 0.724 bits per heavy atom. The van der Waals surface area contributed by atoms with Crippen LogP contribution in [0.4, 0.5) is 0 Å². The molecule has 0 spiro atoms. The summed E-state index contributed by atoms with van der Waals surface area (Å²) in [6.07, 6.45) is 26.3. The second-order valence-corrected chi connectivity index (χ2v) is 10.3. The number of rotatable bonds is 11. The van der Waals surface area contributed by atoms with Gasteiger partial charge in [-0.2, -0.15) is 0 Å². The number of hydrogen-bond acceptors (Lipinski definition) is 1. The molecular weight excluding hydrogens is 350 g/mol. The van der Waals surface area contributed by atoms with Gasteiger partial charge in [0.2, 0.25) is 0 Å². The van der Waals surface area contributed by atoms with E-state index in [-0.39, 0.29) is 0 Å². The molecule has 3 rings (SSSR count). The average Bonchev–Trinajstić information content (AvgIpc) is 2.78. The molecule has 0 aliphatic heterocycles. The topological polar surface area (TPSA) is 12.9 Å². The van der Waals surface area contributed by atoms with Crippen LogP contribution in [0.5, 0.6) is 0 Å². The van der Waals surface area contributed by atoms with E-state index < -0.39 is 0 Å². The second kappa shape index (κ2) is 12.8. The van der Waals surface area contributed by atoms with Crippen molar-refractivity contribution in [2.75, 3.05) is 0 Å². The summed E-state index contributed by atoms with van der Waals surface area (Å²) in [7, 11) is 0. The average molecular weight is 398 g/mol. The van der Waals surface area contributed by atoms with E-state index >= 15 is 0 Å². The molecule has 0 bridgehead atoms. The lowest BCUT2D eigenvalue weighted by Gasteiger charge is -2.37. The summed E-state index contributed by atoms with van der Waals surface area (Å²) < 4.78 is 0. The van der Waals surface area contributed by atoms with Crippen molar-refractivity contribution in [2.45, 2.75) is 129 Å². The molecule has 1 nitrogen and oxygen atoms in total. The predicted molar refractivity (Wildman–Crippen MR) is 126 cm³/mol. The summed E-state index contributed by atoms with van der Waals surface area (Å²) in [4.78, 5) is 4.89. The quantitative estimate of drug-likeness (QED) is 0.340. The van der Waals surface area contributed by atoms with E-state index in [0.717, 1.165) is 23.7 Å². The summed E-state index contributed by atoms with van der Waals surface area (Å²) in [5.41, 5.74) is 2.82. The van der Waals surface area contributed by atoms with Crippen LogP contribution in [-0.4, -0.2) is 4.98 Å². The summed E-state index contributed by atoms with van der Waals surface area (Å²) in [6, 6.07) is 4.72. The van der Waals surface area contributed by atoms with Crippen LogP contribution >= 0.6 is 0 Å². The molecule has 0 unspecified atom stereocenters. The zero-order valence-corrected chi connectivity index (χ0v) is 19.5. The normalized spacial score (nSPS) is 27.8. The molecule has 0 atom stereocenters. The van der Waals surface area contributed by atoms with E-state index in [1.807, 2.05) is 0 Å². The molecule has 1 aromatic rings. The molecule has 0 amide bonds. The fourth-order valence-electron chi connectivity index (χ4n) is 6.09.